The van der Waals surface area contributed by atoms with Gasteiger partial charge in [-0.3, -0.25) is 0 Å². The van der Waals surface area contributed by atoms with Crippen LogP contribution in [0.15, 0.2) is 26.3 Å². The maximum Gasteiger partial charge on any atom is 0 e. The van der Waals surface area contributed by atoms with Crippen LogP contribution in [0, 0.1) is 0 Å². The van der Waals surface area contributed by atoms with Gasteiger partial charge in [-0.1, -0.05) is 0 Å². The molecular formula is C4H8FeNa. The third-order valence-corrected chi connectivity index (χ3v) is 0. The molecule has 0 bridgehead atoms. The van der Waals surface area contributed by atoms with Crippen molar-refractivity contribution in [1.82, 2.24) is 0 Å². The van der Waals surface area contributed by atoms with Gasteiger partial charge in [0.15, 0.2) is 0 Å². The predicted molar refractivity (Wildman–Crippen MR) is 28.3 cm³/mol. The Kier molecular flexibility index (Phi) is 701. The molecule has 0 heterocycles. The summed E-state index contributed by atoms with van der Waals surface area (Å²) >= 11 is 0. The van der Waals surface area contributed by atoms with Crippen LogP contribution in [0.4, 0.5) is 0 Å². The molecule has 0 fully saturated rings. The van der Waals surface area contributed by atoms with E-state index in [2.05, 4.69) is 26.3 Å². The standard InChI is InChI=1S/2C2H4.Fe.Na/c2*1-2;;/h2*1-2H2;;. The molecule has 0 aromatic carbocycles. The van der Waals surface area contributed by atoms with Gasteiger partial charge in [-0.15, -0.1) is 26.3 Å². The third-order valence-electron chi connectivity index (χ3n) is 0. The average molecular weight is 135 g/mol. The van der Waals surface area contributed by atoms with Crippen molar-refractivity contribution in [2.75, 3.05) is 0 Å². The molecule has 0 N–H and O–H groups in total. The number of rotatable bonds is 0. The van der Waals surface area contributed by atoms with E-state index in [1.165, 1.54) is 0 Å². The molecule has 33 valence electrons. The maximum absolute atomic E-state index is 3.00. The minimum absolute atomic E-state index is 0. The Labute approximate surface area is 72.5 Å². The molecule has 6 heavy (non-hydrogen) atoms. The van der Waals surface area contributed by atoms with Gasteiger partial charge in [0.1, 0.15) is 0 Å². The van der Waals surface area contributed by atoms with E-state index in [4.69, 9.17) is 0 Å². The first-order valence-corrected chi connectivity index (χ1v) is 1.000. The van der Waals surface area contributed by atoms with Gasteiger partial charge in [-0.05, 0) is 0 Å². The molecule has 2 heteroatoms. The van der Waals surface area contributed by atoms with Crippen LogP contribution in [0.2, 0.25) is 0 Å². The van der Waals surface area contributed by atoms with Crippen LogP contribution in [-0.4, -0.2) is 29.6 Å². The van der Waals surface area contributed by atoms with Gasteiger partial charge in [0.05, 0.1) is 0 Å². The number of hydrogen-bond acceptors (Lipinski definition) is 0. The fraction of sp³-hybridized carbons (Fsp3) is 0. The van der Waals surface area contributed by atoms with Crippen LogP contribution < -0.4 is 0 Å². The van der Waals surface area contributed by atoms with Gasteiger partial charge in [0, 0.05) is 46.6 Å². The van der Waals surface area contributed by atoms with Crippen molar-refractivity contribution >= 4 is 29.6 Å². The SMILES string of the molecule is C=C.C=C.[Fe].[Na]. The Morgan fingerprint density at radius 1 is 0.667 bits per heavy atom. The van der Waals surface area contributed by atoms with Crippen LogP contribution in [0.5, 0.6) is 0 Å². The van der Waals surface area contributed by atoms with E-state index in [-0.39, 0.29) is 46.6 Å². The fourth-order valence-electron chi connectivity index (χ4n) is 0. The zero-order valence-electron chi connectivity index (χ0n) is 4.18. The largest absolute Gasteiger partial charge is 0.106 e. The molecule has 0 saturated heterocycles. The summed E-state index contributed by atoms with van der Waals surface area (Å²) in [6.45, 7) is 12.0. The van der Waals surface area contributed by atoms with Gasteiger partial charge >= 0.3 is 0 Å². The van der Waals surface area contributed by atoms with E-state index in [0.717, 1.165) is 0 Å². The molecule has 0 aromatic heterocycles. The second-order valence-corrected chi connectivity index (χ2v) is 0. The van der Waals surface area contributed by atoms with Gasteiger partial charge in [-0.2, -0.15) is 0 Å². The van der Waals surface area contributed by atoms with Gasteiger partial charge in [-0.25, -0.2) is 0 Å². The summed E-state index contributed by atoms with van der Waals surface area (Å²) in [5.41, 5.74) is 0. The van der Waals surface area contributed by atoms with E-state index in [1.807, 2.05) is 0 Å². The first-order valence-electron chi connectivity index (χ1n) is 1.000. The molecule has 0 aliphatic carbocycles. The molecule has 0 atom stereocenters. The Morgan fingerprint density at radius 2 is 0.667 bits per heavy atom. The first kappa shape index (κ1) is 28.0. The van der Waals surface area contributed by atoms with E-state index in [0.29, 0.717) is 0 Å². The van der Waals surface area contributed by atoms with E-state index < -0.39 is 0 Å². The minimum Gasteiger partial charge on any atom is -0.106 e. The fourth-order valence-corrected chi connectivity index (χ4v) is 0. The molecule has 0 aliphatic rings. The summed E-state index contributed by atoms with van der Waals surface area (Å²) in [4.78, 5) is 0. The summed E-state index contributed by atoms with van der Waals surface area (Å²) in [7, 11) is 0. The second kappa shape index (κ2) is 150. The van der Waals surface area contributed by atoms with E-state index in [1.54, 1.807) is 0 Å². The zero-order chi connectivity index (χ0) is 4.00. The summed E-state index contributed by atoms with van der Waals surface area (Å²) in [6, 6.07) is 0. The molecule has 0 aliphatic heterocycles. The average Bonchev–Trinajstić information content (AvgIpc) is 1.50. The van der Waals surface area contributed by atoms with Crippen LogP contribution in [-0.2, 0) is 17.1 Å². The van der Waals surface area contributed by atoms with E-state index in [9.17, 15) is 0 Å². The van der Waals surface area contributed by atoms with Crippen LogP contribution >= 0.6 is 0 Å². The van der Waals surface area contributed by atoms with Crippen molar-refractivity contribution in [2.45, 2.75) is 0 Å². The normalized spacial score (nSPS) is 1.33. The first-order chi connectivity index (χ1) is 2.00. The van der Waals surface area contributed by atoms with Crippen molar-refractivity contribution < 1.29 is 17.1 Å². The second-order valence-electron chi connectivity index (χ2n) is 0. The zero-order valence-corrected chi connectivity index (χ0v) is 7.29. The van der Waals surface area contributed by atoms with Crippen molar-refractivity contribution in [1.29, 1.82) is 0 Å². The van der Waals surface area contributed by atoms with E-state index >= 15 is 0 Å². The molecule has 1 radical (unpaired) electrons. The molecule has 0 saturated carbocycles. The molecule has 0 unspecified atom stereocenters. The monoisotopic (exact) mass is 135 g/mol. The molecular weight excluding hydrogens is 127 g/mol. The molecule has 0 spiro atoms. The Hall–Kier alpha value is 0.999. The van der Waals surface area contributed by atoms with Crippen molar-refractivity contribution in [3.63, 3.8) is 0 Å². The third kappa shape index (κ3) is 80.1. The predicted octanol–water partition coefficient (Wildman–Crippen LogP) is 1.22. The smallest absolute Gasteiger partial charge is 0 e. The van der Waals surface area contributed by atoms with Gasteiger partial charge < -0.3 is 0 Å². The van der Waals surface area contributed by atoms with Crippen molar-refractivity contribution in [3.8, 4) is 0 Å². The summed E-state index contributed by atoms with van der Waals surface area (Å²) in [6.07, 6.45) is 0. The van der Waals surface area contributed by atoms with Crippen LogP contribution in [0.25, 0.3) is 0 Å². The summed E-state index contributed by atoms with van der Waals surface area (Å²) in [5.74, 6) is 0. The topological polar surface area (TPSA) is 0 Å². The number of hydrogen-bond donors (Lipinski definition) is 0. The Balaban J connectivity index is -0.00000000500. The van der Waals surface area contributed by atoms with Crippen LogP contribution in [0.1, 0.15) is 0 Å². The Bertz CT molecular complexity index is 9.51. The van der Waals surface area contributed by atoms with Gasteiger partial charge in [0.25, 0.3) is 0 Å². The van der Waals surface area contributed by atoms with Gasteiger partial charge in [0.2, 0.25) is 0 Å². The summed E-state index contributed by atoms with van der Waals surface area (Å²) in [5, 5.41) is 0. The van der Waals surface area contributed by atoms with Crippen molar-refractivity contribution in [3.05, 3.63) is 26.3 Å². The van der Waals surface area contributed by atoms with Crippen molar-refractivity contribution in [2.24, 2.45) is 0 Å². The quantitative estimate of drug-likeness (QED) is 0.346. The molecule has 0 aromatic rings. The molecule has 0 amide bonds. The molecule has 0 rings (SSSR count). The minimum atomic E-state index is 0. The maximum atomic E-state index is 3.00. The molecule has 0 nitrogen and oxygen atoms in total. The van der Waals surface area contributed by atoms with Crippen LogP contribution in [0.3, 0.4) is 0 Å². The Morgan fingerprint density at radius 3 is 0.667 bits per heavy atom. The summed E-state index contributed by atoms with van der Waals surface area (Å²) < 4.78 is 0.